The molecule has 1 atom stereocenters. The van der Waals surface area contributed by atoms with Gasteiger partial charge < -0.3 is 10.3 Å². The monoisotopic (exact) mass is 521 g/mol. The van der Waals surface area contributed by atoms with Crippen molar-refractivity contribution in [2.45, 2.75) is 43.4 Å². The first kappa shape index (κ1) is 27.7. The summed E-state index contributed by atoms with van der Waals surface area (Å²) in [5.41, 5.74) is 2.13. The van der Waals surface area contributed by atoms with Crippen molar-refractivity contribution in [3.05, 3.63) is 88.9 Å². The van der Waals surface area contributed by atoms with E-state index in [9.17, 15) is 19.1 Å². The number of carbonyl (C=O) groups is 1. The molecular weight excluding hydrogens is 490 g/mol. The number of nitro benzene ring substituents is 1. The van der Waals surface area contributed by atoms with Gasteiger partial charge in [0, 0.05) is 37.6 Å². The van der Waals surface area contributed by atoms with Crippen LogP contribution in [-0.4, -0.2) is 32.1 Å². The third kappa shape index (κ3) is 8.62. The van der Waals surface area contributed by atoms with Crippen LogP contribution in [0.3, 0.4) is 0 Å². The molecule has 10 heteroatoms. The zero-order valence-corrected chi connectivity index (χ0v) is 21.5. The number of hydrogen-bond donors (Lipinski definition) is 3. The number of amides is 1. The summed E-state index contributed by atoms with van der Waals surface area (Å²) in [5.74, 6) is 1.17. The summed E-state index contributed by atoms with van der Waals surface area (Å²) in [4.78, 5) is 29.0. The van der Waals surface area contributed by atoms with Crippen LogP contribution in [-0.2, 0) is 22.2 Å². The van der Waals surface area contributed by atoms with E-state index in [0.717, 1.165) is 43.6 Å². The lowest BCUT2D eigenvalue weighted by Crippen LogP contribution is -2.16. The average Bonchev–Trinajstić information content (AvgIpc) is 3.39. The number of aromatic nitrogens is 2. The molecule has 0 saturated heterocycles. The fourth-order valence-electron chi connectivity index (χ4n) is 3.77. The summed E-state index contributed by atoms with van der Waals surface area (Å²) in [7, 11) is 0.0267. The van der Waals surface area contributed by atoms with Crippen molar-refractivity contribution in [1.29, 1.82) is 0 Å². The van der Waals surface area contributed by atoms with E-state index in [1.165, 1.54) is 40.6 Å². The molecule has 0 saturated carbocycles. The molecule has 4 aromatic rings. The van der Waals surface area contributed by atoms with Gasteiger partial charge >= 0.3 is 0 Å². The molecule has 0 aliphatic carbocycles. The third-order valence-electron chi connectivity index (χ3n) is 5.80. The number of rotatable bonds is 10. The van der Waals surface area contributed by atoms with E-state index in [2.05, 4.69) is 57.7 Å². The topological polar surface area (TPSA) is 144 Å². The molecule has 0 aliphatic rings. The van der Waals surface area contributed by atoms with Gasteiger partial charge in [-0.1, -0.05) is 55.3 Å². The van der Waals surface area contributed by atoms with Gasteiger partial charge in [0.1, 0.15) is 16.8 Å². The number of imidazole rings is 1. The first-order valence-corrected chi connectivity index (χ1v) is 13.2. The van der Waals surface area contributed by atoms with E-state index in [0.29, 0.717) is 6.42 Å². The molecule has 1 aromatic heterocycles. The molecule has 4 rings (SSSR count). The Kier molecular flexibility index (Phi) is 10.5. The molecule has 0 radical (unpaired) electrons. The standard InChI is InChI=1S/C21H25N3O.C6H6N2O3S/c1-22-21(25)11-5-3-2-4-10-20-23-15-19(24-20)18-13-12-16-8-6-7-9-17(16)14-18;7-12(11)6-3-1-2-5(4-6)8(9)10/h6-9,12-15H,2-5,10-11H2,1H3,(H,22,25)(H,23,24);1-4H,7H2. The Balaban J connectivity index is 0.000000266. The minimum absolute atomic E-state index is 0.105. The number of non-ortho nitro benzene ring substituents is 1. The molecular formula is C27H31N5O4S. The van der Waals surface area contributed by atoms with Crippen LogP contribution < -0.4 is 10.5 Å². The van der Waals surface area contributed by atoms with E-state index in [-0.39, 0.29) is 16.5 Å². The predicted octanol–water partition coefficient (Wildman–Crippen LogP) is 5.05. The normalized spacial score (nSPS) is 11.4. The van der Waals surface area contributed by atoms with Crippen molar-refractivity contribution in [1.82, 2.24) is 15.3 Å². The fraction of sp³-hybridized carbons (Fsp3) is 0.259. The summed E-state index contributed by atoms with van der Waals surface area (Å²) in [6, 6.07) is 20.3. The van der Waals surface area contributed by atoms with Gasteiger partial charge in [0.2, 0.25) is 5.91 Å². The highest BCUT2D eigenvalue weighted by Crippen LogP contribution is 2.23. The second kappa shape index (κ2) is 14.0. The highest BCUT2D eigenvalue weighted by Gasteiger charge is 2.07. The van der Waals surface area contributed by atoms with Crippen molar-refractivity contribution >= 4 is 33.4 Å². The number of unbranched alkanes of at least 4 members (excludes halogenated alkanes) is 3. The number of nitrogens with two attached hydrogens (primary N) is 1. The van der Waals surface area contributed by atoms with Gasteiger partial charge in [-0.05, 0) is 35.7 Å². The largest absolute Gasteiger partial charge is 0.359 e. The Labute approximate surface area is 218 Å². The Morgan fingerprint density at radius 1 is 1.03 bits per heavy atom. The molecule has 1 unspecified atom stereocenters. The van der Waals surface area contributed by atoms with Crippen LogP contribution in [0.25, 0.3) is 22.0 Å². The number of nitro groups is 1. The molecule has 3 aromatic carbocycles. The van der Waals surface area contributed by atoms with E-state index in [1.807, 2.05) is 6.20 Å². The van der Waals surface area contributed by atoms with E-state index < -0.39 is 15.9 Å². The minimum atomic E-state index is -1.66. The van der Waals surface area contributed by atoms with Crippen molar-refractivity contribution < 1.29 is 13.9 Å². The van der Waals surface area contributed by atoms with E-state index in [1.54, 1.807) is 7.05 Å². The lowest BCUT2D eigenvalue weighted by molar-refractivity contribution is -0.385. The molecule has 194 valence electrons. The highest BCUT2D eigenvalue weighted by molar-refractivity contribution is 7.82. The maximum absolute atomic E-state index is 11.2. The summed E-state index contributed by atoms with van der Waals surface area (Å²) in [6.45, 7) is 0. The van der Waals surface area contributed by atoms with Crippen LogP contribution in [0.15, 0.2) is 77.8 Å². The fourth-order valence-corrected chi connectivity index (χ4v) is 4.22. The molecule has 1 amide bonds. The van der Waals surface area contributed by atoms with Crippen LogP contribution in [0.1, 0.15) is 37.9 Å². The number of benzene rings is 3. The minimum Gasteiger partial charge on any atom is -0.359 e. The van der Waals surface area contributed by atoms with Gasteiger partial charge in [0.25, 0.3) is 5.69 Å². The molecule has 0 fully saturated rings. The van der Waals surface area contributed by atoms with Gasteiger partial charge in [-0.15, -0.1) is 0 Å². The van der Waals surface area contributed by atoms with Crippen molar-refractivity contribution in [3.8, 4) is 11.3 Å². The van der Waals surface area contributed by atoms with E-state index >= 15 is 0 Å². The molecule has 9 nitrogen and oxygen atoms in total. The second-order valence-corrected chi connectivity index (χ2v) is 9.51. The summed E-state index contributed by atoms with van der Waals surface area (Å²) < 4.78 is 10.7. The predicted molar refractivity (Wildman–Crippen MR) is 146 cm³/mol. The van der Waals surface area contributed by atoms with Gasteiger partial charge in [-0.2, -0.15) is 0 Å². The number of fused-ring (bicyclic) bond motifs is 1. The van der Waals surface area contributed by atoms with Crippen molar-refractivity contribution in [2.24, 2.45) is 5.14 Å². The van der Waals surface area contributed by atoms with Gasteiger partial charge in [-0.25, -0.2) is 14.3 Å². The van der Waals surface area contributed by atoms with E-state index in [4.69, 9.17) is 5.14 Å². The highest BCUT2D eigenvalue weighted by atomic mass is 32.2. The Morgan fingerprint density at radius 3 is 2.51 bits per heavy atom. The quantitative estimate of drug-likeness (QED) is 0.152. The number of aromatic amines is 1. The van der Waals surface area contributed by atoms with Crippen molar-refractivity contribution in [2.75, 3.05) is 7.05 Å². The lowest BCUT2D eigenvalue weighted by atomic mass is 10.1. The van der Waals surface area contributed by atoms with Gasteiger partial charge in [-0.3, -0.25) is 14.9 Å². The lowest BCUT2D eigenvalue weighted by Gasteiger charge is -2.02. The molecule has 0 spiro atoms. The van der Waals surface area contributed by atoms with Crippen LogP contribution in [0, 0.1) is 10.1 Å². The Hall–Kier alpha value is -3.89. The molecule has 37 heavy (non-hydrogen) atoms. The average molecular weight is 522 g/mol. The number of hydrogen-bond acceptors (Lipinski definition) is 5. The first-order chi connectivity index (χ1) is 17.9. The number of nitrogens with one attached hydrogen (secondary N) is 2. The molecule has 1 heterocycles. The van der Waals surface area contributed by atoms with Gasteiger partial charge in [0.05, 0.1) is 21.7 Å². The smallest absolute Gasteiger partial charge is 0.270 e. The first-order valence-electron chi connectivity index (χ1n) is 12.0. The SMILES string of the molecule is CNC(=O)CCCCCCc1ncc(-c2ccc3ccccc3c2)[nH]1.NS(=O)c1cccc([N+](=O)[O-])c1. The zero-order valence-electron chi connectivity index (χ0n) is 20.7. The second-order valence-electron chi connectivity index (χ2n) is 8.44. The molecule has 0 bridgehead atoms. The maximum Gasteiger partial charge on any atom is 0.270 e. The molecule has 4 N–H and O–H groups in total. The van der Waals surface area contributed by atoms with Crippen LogP contribution in [0.4, 0.5) is 5.69 Å². The number of H-pyrrole nitrogens is 1. The zero-order chi connectivity index (χ0) is 26.6. The van der Waals surface area contributed by atoms with Crippen LogP contribution in [0.5, 0.6) is 0 Å². The van der Waals surface area contributed by atoms with Crippen LogP contribution >= 0.6 is 0 Å². The summed E-state index contributed by atoms with van der Waals surface area (Å²) >= 11 is 0. The Bertz CT molecular complexity index is 1340. The molecule has 0 aliphatic heterocycles. The number of nitrogens with zero attached hydrogens (tertiary/aromatic N) is 2. The maximum atomic E-state index is 11.2. The Morgan fingerprint density at radius 2 is 1.78 bits per heavy atom. The van der Waals surface area contributed by atoms with Crippen LogP contribution in [0.2, 0.25) is 0 Å². The number of aryl methyl sites for hydroxylation is 1. The number of carbonyl (C=O) groups excluding carboxylic acids is 1. The third-order valence-corrected chi connectivity index (χ3v) is 6.51. The van der Waals surface area contributed by atoms with Crippen molar-refractivity contribution in [3.63, 3.8) is 0 Å². The summed E-state index contributed by atoms with van der Waals surface area (Å²) in [5, 5.41) is 20.4. The van der Waals surface area contributed by atoms with Gasteiger partial charge in [0.15, 0.2) is 0 Å². The summed E-state index contributed by atoms with van der Waals surface area (Å²) in [6.07, 6.45) is 7.77.